The van der Waals surface area contributed by atoms with E-state index >= 15 is 0 Å². The topological polar surface area (TPSA) is 38.7 Å². The van der Waals surface area contributed by atoms with Crippen molar-refractivity contribution in [1.82, 2.24) is 0 Å². The highest BCUT2D eigenvalue weighted by Gasteiger charge is 2.37. The molecule has 1 heterocycles. The van der Waals surface area contributed by atoms with Crippen LogP contribution in [0.2, 0.25) is 0 Å². The molecule has 1 spiro atoms. The van der Waals surface area contributed by atoms with E-state index in [0.717, 1.165) is 26.1 Å². The highest BCUT2D eigenvalue weighted by Crippen LogP contribution is 2.35. The van der Waals surface area contributed by atoms with Crippen molar-refractivity contribution in [3.63, 3.8) is 0 Å². The normalized spacial score (nSPS) is 25.4. The molecule has 78 valence electrons. The molecule has 0 aromatic rings. The predicted octanol–water partition coefficient (Wildman–Crippen LogP) is 1.69. The Bertz CT molecular complexity index is 122. The van der Waals surface area contributed by atoms with Gasteiger partial charge in [-0.1, -0.05) is 6.42 Å². The van der Waals surface area contributed by atoms with Gasteiger partial charge in [0.15, 0.2) is 5.79 Å². The maximum absolute atomic E-state index is 7.57. The Kier molecular flexibility index (Phi) is 4.70. The highest BCUT2D eigenvalue weighted by atomic mass is 16.7. The molecule has 2 fully saturated rings. The SMILES string of the molecule is C1CCC2(CC1)OCCO2.CCO. The molecule has 13 heavy (non-hydrogen) atoms. The largest absolute Gasteiger partial charge is 0.397 e. The molecule has 0 aromatic heterocycles. The van der Waals surface area contributed by atoms with Crippen LogP contribution in [0, 0.1) is 0 Å². The molecule has 1 N–H and O–H groups in total. The molecule has 1 saturated heterocycles. The zero-order valence-electron chi connectivity index (χ0n) is 8.42. The van der Waals surface area contributed by atoms with Gasteiger partial charge in [-0.15, -0.1) is 0 Å². The first-order valence-electron chi connectivity index (χ1n) is 5.22. The summed E-state index contributed by atoms with van der Waals surface area (Å²) in [5.41, 5.74) is 0. The van der Waals surface area contributed by atoms with Crippen LogP contribution in [0.15, 0.2) is 0 Å². The lowest BCUT2D eigenvalue weighted by molar-refractivity contribution is -0.176. The fourth-order valence-electron chi connectivity index (χ4n) is 1.88. The minimum Gasteiger partial charge on any atom is -0.397 e. The van der Waals surface area contributed by atoms with Crippen LogP contribution < -0.4 is 0 Å². The smallest absolute Gasteiger partial charge is 0.168 e. The highest BCUT2D eigenvalue weighted by molar-refractivity contribution is 4.77. The third-order valence-electron chi connectivity index (χ3n) is 2.43. The Morgan fingerprint density at radius 2 is 1.54 bits per heavy atom. The summed E-state index contributed by atoms with van der Waals surface area (Å²) in [5.74, 6) is -0.127. The van der Waals surface area contributed by atoms with E-state index in [2.05, 4.69) is 0 Å². The molecule has 0 amide bonds. The van der Waals surface area contributed by atoms with Gasteiger partial charge in [-0.3, -0.25) is 0 Å². The summed E-state index contributed by atoms with van der Waals surface area (Å²) in [6, 6.07) is 0. The molecular formula is C10H20O3. The van der Waals surface area contributed by atoms with Gasteiger partial charge < -0.3 is 14.6 Å². The van der Waals surface area contributed by atoms with Crippen molar-refractivity contribution in [2.45, 2.75) is 44.8 Å². The molecular weight excluding hydrogens is 168 g/mol. The van der Waals surface area contributed by atoms with Crippen molar-refractivity contribution in [3.8, 4) is 0 Å². The van der Waals surface area contributed by atoms with Crippen molar-refractivity contribution >= 4 is 0 Å². The van der Waals surface area contributed by atoms with Crippen LogP contribution in [0.4, 0.5) is 0 Å². The third kappa shape index (κ3) is 3.25. The average Bonchev–Trinajstić information content (AvgIpc) is 2.56. The first kappa shape index (κ1) is 11.0. The fourth-order valence-corrected chi connectivity index (χ4v) is 1.88. The van der Waals surface area contributed by atoms with Crippen LogP contribution in [-0.2, 0) is 9.47 Å². The average molecular weight is 188 g/mol. The quantitative estimate of drug-likeness (QED) is 0.628. The number of rotatable bonds is 0. The van der Waals surface area contributed by atoms with E-state index in [1.54, 1.807) is 6.92 Å². The molecule has 1 aliphatic carbocycles. The minimum atomic E-state index is -0.127. The molecule has 0 atom stereocenters. The van der Waals surface area contributed by atoms with Crippen molar-refractivity contribution in [1.29, 1.82) is 0 Å². The molecule has 3 nitrogen and oxygen atoms in total. The number of hydrogen-bond donors (Lipinski definition) is 1. The van der Waals surface area contributed by atoms with E-state index in [1.165, 1.54) is 19.3 Å². The van der Waals surface area contributed by atoms with Gasteiger partial charge in [-0.05, 0) is 19.8 Å². The van der Waals surface area contributed by atoms with E-state index in [9.17, 15) is 0 Å². The summed E-state index contributed by atoms with van der Waals surface area (Å²) in [6.07, 6.45) is 6.15. The zero-order chi connectivity index (χ0) is 9.57. The lowest BCUT2D eigenvalue weighted by atomic mass is 9.94. The van der Waals surface area contributed by atoms with Crippen molar-refractivity contribution in [2.24, 2.45) is 0 Å². The first-order valence-corrected chi connectivity index (χ1v) is 5.22. The Labute approximate surface area is 80.0 Å². The van der Waals surface area contributed by atoms with Crippen LogP contribution in [0.1, 0.15) is 39.0 Å². The standard InChI is InChI=1S/C8H14O2.C2H6O/c1-2-4-8(5-3-1)9-6-7-10-8;1-2-3/h1-7H2;3H,2H2,1H3. The van der Waals surface area contributed by atoms with Crippen LogP contribution in [0.3, 0.4) is 0 Å². The van der Waals surface area contributed by atoms with Gasteiger partial charge in [0, 0.05) is 19.4 Å². The van der Waals surface area contributed by atoms with Crippen LogP contribution >= 0.6 is 0 Å². The van der Waals surface area contributed by atoms with E-state index in [0.29, 0.717) is 0 Å². The summed E-state index contributed by atoms with van der Waals surface area (Å²) >= 11 is 0. The Hall–Kier alpha value is -0.120. The van der Waals surface area contributed by atoms with Gasteiger partial charge in [0.2, 0.25) is 0 Å². The monoisotopic (exact) mass is 188 g/mol. The van der Waals surface area contributed by atoms with Crippen molar-refractivity contribution < 1.29 is 14.6 Å². The molecule has 1 aliphatic heterocycles. The van der Waals surface area contributed by atoms with Gasteiger partial charge in [0.25, 0.3) is 0 Å². The molecule has 3 heteroatoms. The van der Waals surface area contributed by atoms with E-state index in [4.69, 9.17) is 14.6 Å². The van der Waals surface area contributed by atoms with Crippen molar-refractivity contribution in [3.05, 3.63) is 0 Å². The fraction of sp³-hybridized carbons (Fsp3) is 1.00. The molecule has 2 aliphatic rings. The zero-order valence-corrected chi connectivity index (χ0v) is 8.42. The second-order valence-corrected chi connectivity index (χ2v) is 3.48. The lowest BCUT2D eigenvalue weighted by Crippen LogP contribution is -2.32. The summed E-state index contributed by atoms with van der Waals surface area (Å²) in [4.78, 5) is 0. The molecule has 0 bridgehead atoms. The van der Waals surface area contributed by atoms with Gasteiger partial charge in [-0.25, -0.2) is 0 Å². The second-order valence-electron chi connectivity index (χ2n) is 3.48. The molecule has 1 saturated carbocycles. The van der Waals surface area contributed by atoms with Gasteiger partial charge >= 0.3 is 0 Å². The van der Waals surface area contributed by atoms with Gasteiger partial charge in [0.1, 0.15) is 0 Å². The molecule has 0 unspecified atom stereocenters. The number of aliphatic hydroxyl groups excluding tert-OH is 1. The predicted molar refractivity (Wildman–Crippen MR) is 50.5 cm³/mol. The first-order chi connectivity index (χ1) is 6.33. The maximum atomic E-state index is 7.57. The van der Waals surface area contributed by atoms with Crippen LogP contribution in [0.25, 0.3) is 0 Å². The van der Waals surface area contributed by atoms with E-state index < -0.39 is 0 Å². The number of aliphatic hydroxyl groups is 1. The third-order valence-corrected chi connectivity index (χ3v) is 2.43. The lowest BCUT2D eigenvalue weighted by Gasteiger charge is -2.30. The van der Waals surface area contributed by atoms with Gasteiger partial charge in [0.05, 0.1) is 13.2 Å². The van der Waals surface area contributed by atoms with Crippen molar-refractivity contribution in [2.75, 3.05) is 19.8 Å². The van der Waals surface area contributed by atoms with Crippen LogP contribution in [0.5, 0.6) is 0 Å². The summed E-state index contributed by atoms with van der Waals surface area (Å²) < 4.78 is 11.1. The van der Waals surface area contributed by atoms with E-state index in [1.807, 2.05) is 0 Å². The van der Waals surface area contributed by atoms with Crippen LogP contribution in [-0.4, -0.2) is 30.7 Å². The van der Waals surface area contributed by atoms with E-state index in [-0.39, 0.29) is 12.4 Å². The number of hydrogen-bond acceptors (Lipinski definition) is 3. The molecule has 0 radical (unpaired) electrons. The minimum absolute atomic E-state index is 0.127. The Morgan fingerprint density at radius 1 is 1.08 bits per heavy atom. The summed E-state index contributed by atoms with van der Waals surface area (Å²) in [5, 5.41) is 7.57. The van der Waals surface area contributed by atoms with Gasteiger partial charge in [-0.2, -0.15) is 0 Å². The summed E-state index contributed by atoms with van der Waals surface area (Å²) in [6.45, 7) is 3.54. The summed E-state index contributed by atoms with van der Waals surface area (Å²) in [7, 11) is 0. The Balaban J connectivity index is 0.000000251. The Morgan fingerprint density at radius 3 is 2.00 bits per heavy atom. The maximum Gasteiger partial charge on any atom is 0.168 e. The number of ether oxygens (including phenoxy) is 2. The molecule has 2 rings (SSSR count). The molecule has 0 aromatic carbocycles. The second kappa shape index (κ2) is 5.58.